The summed E-state index contributed by atoms with van der Waals surface area (Å²) in [5.41, 5.74) is 3.13. The molecule has 1 unspecified atom stereocenters. The van der Waals surface area contributed by atoms with Crippen LogP contribution in [0.4, 0.5) is 5.69 Å². The molecule has 0 saturated heterocycles. The highest BCUT2D eigenvalue weighted by molar-refractivity contribution is 6.30. The Morgan fingerprint density at radius 3 is 2.29 bits per heavy atom. The van der Waals surface area contributed by atoms with Crippen LogP contribution in [0.1, 0.15) is 17.2 Å². The number of carbonyl (C=O) groups excluding carboxylic acids is 2. The SMILES string of the molecule is COc1ccc(NC(=O)C(c2ccc(Cl)cc2)N(Cc2ccc(Cl)cc2)C(=O)Cn2nnc3ccccc32)c(OC)c1. The minimum atomic E-state index is -1.05. The van der Waals surface area contributed by atoms with Gasteiger partial charge in [-0.15, -0.1) is 5.10 Å². The van der Waals surface area contributed by atoms with E-state index in [4.69, 9.17) is 32.7 Å². The summed E-state index contributed by atoms with van der Waals surface area (Å²) in [5, 5.41) is 12.4. The fourth-order valence-electron chi connectivity index (χ4n) is 4.58. The second-order valence-corrected chi connectivity index (χ2v) is 10.3. The zero-order valence-electron chi connectivity index (χ0n) is 22.8. The molecule has 0 aliphatic carbocycles. The molecule has 1 heterocycles. The predicted octanol–water partition coefficient (Wildman–Crippen LogP) is 6.16. The molecule has 0 bridgehead atoms. The molecule has 2 amide bonds. The van der Waals surface area contributed by atoms with Crippen molar-refractivity contribution in [2.75, 3.05) is 19.5 Å². The van der Waals surface area contributed by atoms with E-state index in [1.54, 1.807) is 61.7 Å². The molecule has 11 heteroatoms. The van der Waals surface area contributed by atoms with Crippen LogP contribution in [0.15, 0.2) is 91.0 Å². The molecule has 0 radical (unpaired) electrons. The van der Waals surface area contributed by atoms with Crippen LogP contribution in [0.3, 0.4) is 0 Å². The number of amides is 2. The van der Waals surface area contributed by atoms with Gasteiger partial charge in [0.1, 0.15) is 29.6 Å². The van der Waals surface area contributed by atoms with Crippen molar-refractivity contribution >= 4 is 51.7 Å². The van der Waals surface area contributed by atoms with E-state index >= 15 is 0 Å². The molecule has 9 nitrogen and oxygen atoms in total. The molecule has 1 atom stereocenters. The largest absolute Gasteiger partial charge is 0.497 e. The predicted molar refractivity (Wildman–Crippen MR) is 162 cm³/mol. The highest BCUT2D eigenvalue weighted by atomic mass is 35.5. The molecule has 0 aliphatic heterocycles. The Kier molecular flexibility index (Phi) is 8.90. The van der Waals surface area contributed by atoms with E-state index < -0.39 is 11.9 Å². The molecule has 0 fully saturated rings. The second kappa shape index (κ2) is 12.9. The number of rotatable bonds is 10. The maximum absolute atomic E-state index is 14.1. The summed E-state index contributed by atoms with van der Waals surface area (Å²) in [7, 11) is 3.04. The summed E-state index contributed by atoms with van der Waals surface area (Å²) in [6.07, 6.45) is 0. The van der Waals surface area contributed by atoms with Crippen molar-refractivity contribution < 1.29 is 19.1 Å². The van der Waals surface area contributed by atoms with Crippen LogP contribution in [-0.4, -0.2) is 45.9 Å². The molecular weight excluding hydrogens is 577 g/mol. The van der Waals surface area contributed by atoms with Gasteiger partial charge in [-0.3, -0.25) is 9.59 Å². The van der Waals surface area contributed by atoms with Gasteiger partial charge in [0.2, 0.25) is 5.91 Å². The van der Waals surface area contributed by atoms with E-state index in [9.17, 15) is 9.59 Å². The number of nitrogens with zero attached hydrogens (tertiary/aromatic N) is 4. The Labute approximate surface area is 252 Å². The van der Waals surface area contributed by atoms with Gasteiger partial charge < -0.3 is 19.7 Å². The van der Waals surface area contributed by atoms with Gasteiger partial charge in [-0.2, -0.15) is 0 Å². The number of hydrogen-bond donors (Lipinski definition) is 1. The normalized spacial score (nSPS) is 11.6. The number of fused-ring (bicyclic) bond motifs is 1. The lowest BCUT2D eigenvalue weighted by Crippen LogP contribution is -2.42. The summed E-state index contributed by atoms with van der Waals surface area (Å²) < 4.78 is 12.3. The Morgan fingerprint density at radius 1 is 0.905 bits per heavy atom. The third-order valence-electron chi connectivity index (χ3n) is 6.70. The summed E-state index contributed by atoms with van der Waals surface area (Å²) in [6.45, 7) is -0.0274. The lowest BCUT2D eigenvalue weighted by molar-refractivity contribution is -0.140. The van der Waals surface area contributed by atoms with Gasteiger partial charge in [-0.1, -0.05) is 64.8 Å². The quantitative estimate of drug-likeness (QED) is 0.205. The maximum Gasteiger partial charge on any atom is 0.251 e. The standard InChI is InChI=1S/C31H27Cl2N5O4/c1-41-24-15-16-26(28(17-24)42-2)34-31(40)30(21-9-13-23(33)14-10-21)37(18-20-7-11-22(32)12-8-20)29(39)19-38-27-6-4-3-5-25(27)35-36-38/h3-17,30H,18-19H2,1-2H3,(H,34,40). The highest BCUT2D eigenvalue weighted by Gasteiger charge is 2.33. The Hall–Kier alpha value is -4.60. The molecule has 0 spiro atoms. The van der Waals surface area contributed by atoms with Crippen molar-refractivity contribution in [1.29, 1.82) is 0 Å². The first-order valence-electron chi connectivity index (χ1n) is 13.0. The lowest BCUT2D eigenvalue weighted by atomic mass is 10.0. The van der Waals surface area contributed by atoms with Crippen LogP contribution in [0.25, 0.3) is 11.0 Å². The van der Waals surface area contributed by atoms with E-state index in [1.165, 1.54) is 16.7 Å². The summed E-state index contributed by atoms with van der Waals surface area (Å²) in [5.74, 6) is 0.171. The molecule has 4 aromatic carbocycles. The summed E-state index contributed by atoms with van der Waals surface area (Å²) in [4.78, 5) is 29.8. The van der Waals surface area contributed by atoms with Crippen molar-refractivity contribution in [3.05, 3.63) is 112 Å². The molecular formula is C31H27Cl2N5O4. The number of nitrogens with one attached hydrogen (secondary N) is 1. The highest BCUT2D eigenvalue weighted by Crippen LogP contribution is 2.32. The van der Waals surface area contributed by atoms with Crippen LogP contribution in [0.2, 0.25) is 10.0 Å². The molecule has 0 aliphatic rings. The Morgan fingerprint density at radius 2 is 1.60 bits per heavy atom. The molecule has 1 N–H and O–H groups in total. The number of ether oxygens (including phenoxy) is 2. The fourth-order valence-corrected chi connectivity index (χ4v) is 4.84. The van der Waals surface area contributed by atoms with Crippen LogP contribution in [0.5, 0.6) is 11.5 Å². The van der Waals surface area contributed by atoms with Gasteiger partial charge in [0.15, 0.2) is 0 Å². The average Bonchev–Trinajstić information content (AvgIpc) is 3.41. The van der Waals surface area contributed by atoms with Gasteiger partial charge in [-0.25, -0.2) is 4.68 Å². The molecule has 0 saturated carbocycles. The first-order chi connectivity index (χ1) is 20.4. The minimum absolute atomic E-state index is 0.114. The molecule has 1 aromatic heterocycles. The number of benzene rings is 4. The number of methoxy groups -OCH3 is 2. The van der Waals surface area contributed by atoms with E-state index in [0.29, 0.717) is 43.8 Å². The number of hydrogen-bond acceptors (Lipinski definition) is 6. The molecule has 5 rings (SSSR count). The smallest absolute Gasteiger partial charge is 0.251 e. The zero-order valence-corrected chi connectivity index (χ0v) is 24.3. The van der Waals surface area contributed by atoms with Crippen molar-refractivity contribution in [2.45, 2.75) is 19.1 Å². The maximum atomic E-state index is 14.1. The van der Waals surface area contributed by atoms with E-state index in [2.05, 4.69) is 15.6 Å². The minimum Gasteiger partial charge on any atom is -0.497 e. The van der Waals surface area contributed by atoms with Crippen molar-refractivity contribution in [3.8, 4) is 11.5 Å². The van der Waals surface area contributed by atoms with Crippen LogP contribution < -0.4 is 14.8 Å². The molecule has 5 aromatic rings. The van der Waals surface area contributed by atoms with Gasteiger partial charge in [0, 0.05) is 22.7 Å². The topological polar surface area (TPSA) is 98.6 Å². The Balaban J connectivity index is 1.56. The average molecular weight is 604 g/mol. The Bertz CT molecular complexity index is 1710. The van der Waals surface area contributed by atoms with E-state index in [1.807, 2.05) is 36.4 Å². The number of para-hydroxylation sites is 1. The third-order valence-corrected chi connectivity index (χ3v) is 7.21. The van der Waals surface area contributed by atoms with E-state index in [0.717, 1.165) is 5.56 Å². The number of aromatic nitrogens is 3. The molecule has 42 heavy (non-hydrogen) atoms. The van der Waals surface area contributed by atoms with Crippen LogP contribution in [-0.2, 0) is 22.7 Å². The van der Waals surface area contributed by atoms with Gasteiger partial charge in [0.05, 0.1) is 25.4 Å². The first kappa shape index (κ1) is 28.9. The molecule has 214 valence electrons. The zero-order chi connectivity index (χ0) is 29.6. The number of carbonyl (C=O) groups is 2. The fraction of sp³-hybridized carbons (Fsp3) is 0.161. The number of anilines is 1. The van der Waals surface area contributed by atoms with Gasteiger partial charge >= 0.3 is 0 Å². The van der Waals surface area contributed by atoms with Crippen molar-refractivity contribution in [1.82, 2.24) is 19.9 Å². The summed E-state index contributed by atoms with van der Waals surface area (Å²) >= 11 is 12.3. The van der Waals surface area contributed by atoms with Crippen molar-refractivity contribution in [2.24, 2.45) is 0 Å². The third kappa shape index (κ3) is 6.48. The first-order valence-corrected chi connectivity index (χ1v) is 13.7. The number of halogens is 2. The van der Waals surface area contributed by atoms with Crippen LogP contribution in [0, 0.1) is 0 Å². The lowest BCUT2D eigenvalue weighted by Gasteiger charge is -2.32. The van der Waals surface area contributed by atoms with Crippen molar-refractivity contribution in [3.63, 3.8) is 0 Å². The van der Waals surface area contributed by atoms with Gasteiger partial charge in [0.25, 0.3) is 5.91 Å². The second-order valence-electron chi connectivity index (χ2n) is 9.39. The summed E-state index contributed by atoms with van der Waals surface area (Å²) in [6, 6.07) is 25.3. The van der Waals surface area contributed by atoms with Crippen LogP contribution >= 0.6 is 23.2 Å². The monoisotopic (exact) mass is 603 g/mol. The van der Waals surface area contributed by atoms with E-state index in [-0.39, 0.29) is 19.0 Å². The van der Waals surface area contributed by atoms with Gasteiger partial charge in [-0.05, 0) is 59.7 Å².